The average Bonchev–Trinajstić information content (AvgIpc) is 2.43. The molecule has 2 heterocycles. The molecule has 0 bridgehead atoms. The number of nitrogens with one attached hydrogen (secondary N) is 1. The molecule has 0 saturated carbocycles. The van der Waals surface area contributed by atoms with Gasteiger partial charge in [0.25, 0.3) is 0 Å². The van der Waals surface area contributed by atoms with Crippen LogP contribution in [0.1, 0.15) is 32.3 Å². The third-order valence-corrected chi connectivity index (χ3v) is 3.99. The van der Waals surface area contributed by atoms with Crippen LogP contribution in [-0.4, -0.2) is 37.1 Å². The number of rotatable bonds is 2. The Labute approximate surface area is 116 Å². The summed E-state index contributed by atoms with van der Waals surface area (Å²) in [4.78, 5) is 7.46. The van der Waals surface area contributed by atoms with E-state index in [0.29, 0.717) is 0 Å². The Hall–Kier alpha value is -0.580. The van der Waals surface area contributed by atoms with E-state index in [1.54, 1.807) is 0 Å². The first kappa shape index (κ1) is 15.5. The van der Waals surface area contributed by atoms with Crippen molar-refractivity contribution in [3.05, 3.63) is 24.0 Å². The summed E-state index contributed by atoms with van der Waals surface area (Å²) in [5.41, 5.74) is 1.36. The molecule has 1 aliphatic rings. The number of aromatic nitrogens is 1. The highest BCUT2D eigenvalue weighted by Gasteiger charge is 2.34. The molecular formula is C14H25N3S. The highest BCUT2D eigenvalue weighted by molar-refractivity contribution is 7.80. The van der Waals surface area contributed by atoms with E-state index in [4.69, 9.17) is 0 Å². The summed E-state index contributed by atoms with van der Waals surface area (Å²) in [5, 5.41) is 3.49. The second-order valence-corrected chi connectivity index (χ2v) is 5.01. The van der Waals surface area contributed by atoms with Gasteiger partial charge in [-0.2, -0.15) is 0 Å². The minimum absolute atomic E-state index is 0.0759. The van der Waals surface area contributed by atoms with Crippen LogP contribution in [0.15, 0.2) is 23.4 Å². The van der Waals surface area contributed by atoms with Crippen LogP contribution >= 0.6 is 12.6 Å². The predicted molar refractivity (Wildman–Crippen MR) is 80.3 cm³/mol. The van der Waals surface area contributed by atoms with E-state index >= 15 is 0 Å². The third-order valence-electron chi connectivity index (χ3n) is 3.63. The van der Waals surface area contributed by atoms with Gasteiger partial charge in [0.05, 0.1) is 0 Å². The maximum absolute atomic E-state index is 4.52. The first-order chi connectivity index (χ1) is 8.68. The third kappa shape index (κ3) is 3.25. The molecule has 1 aromatic rings. The maximum Gasteiger partial charge on any atom is 0.0468 e. The molecule has 0 spiro atoms. The number of hydrogen-bond donors (Lipinski definition) is 2. The molecule has 0 aliphatic carbocycles. The summed E-state index contributed by atoms with van der Waals surface area (Å²) in [6.07, 6.45) is 5.93. The van der Waals surface area contributed by atoms with Gasteiger partial charge in [0, 0.05) is 22.8 Å². The highest BCUT2D eigenvalue weighted by atomic mass is 32.1. The lowest BCUT2D eigenvalue weighted by Crippen LogP contribution is -2.49. The normalized spacial score (nSPS) is 18.9. The Morgan fingerprint density at radius 1 is 1.33 bits per heavy atom. The van der Waals surface area contributed by atoms with Crippen molar-refractivity contribution in [1.82, 2.24) is 15.2 Å². The molecule has 3 nitrogen and oxygen atoms in total. The van der Waals surface area contributed by atoms with Gasteiger partial charge in [-0.3, -0.25) is 4.98 Å². The van der Waals surface area contributed by atoms with Crippen LogP contribution in [0.3, 0.4) is 0 Å². The van der Waals surface area contributed by atoms with Gasteiger partial charge in [-0.1, -0.05) is 13.8 Å². The highest BCUT2D eigenvalue weighted by Crippen LogP contribution is 2.35. The van der Waals surface area contributed by atoms with Gasteiger partial charge in [0.1, 0.15) is 0 Å². The molecule has 1 aromatic heterocycles. The standard InChI is InChI=1S/C12H19N3S.C2H6/c1-13-12(4-7-15(2)8-5-12)10-3-6-14-9-11(10)16;1-2/h3,6,9,13,16H,4-5,7-8H2,1-2H3;1-2H3. The zero-order chi connectivity index (χ0) is 13.6. The summed E-state index contributed by atoms with van der Waals surface area (Å²) in [5.74, 6) is 0. The zero-order valence-corrected chi connectivity index (χ0v) is 12.8. The summed E-state index contributed by atoms with van der Waals surface area (Å²) in [6.45, 7) is 6.24. The Morgan fingerprint density at radius 2 is 1.94 bits per heavy atom. The lowest BCUT2D eigenvalue weighted by Gasteiger charge is -2.41. The first-order valence-corrected chi connectivity index (χ1v) is 7.13. The lowest BCUT2D eigenvalue weighted by atomic mass is 9.81. The summed E-state index contributed by atoms with van der Waals surface area (Å²) in [7, 11) is 4.21. The predicted octanol–water partition coefficient (Wildman–Crippen LogP) is 2.54. The number of piperidine rings is 1. The Bertz CT molecular complexity index is 360. The second kappa shape index (κ2) is 7.12. The van der Waals surface area contributed by atoms with Crippen LogP contribution in [-0.2, 0) is 5.54 Å². The van der Waals surface area contributed by atoms with Crippen molar-refractivity contribution in [3.8, 4) is 0 Å². The van der Waals surface area contributed by atoms with E-state index in [2.05, 4.69) is 40.9 Å². The fourth-order valence-electron chi connectivity index (χ4n) is 2.45. The molecule has 102 valence electrons. The van der Waals surface area contributed by atoms with Crippen molar-refractivity contribution < 1.29 is 0 Å². The number of nitrogens with zero attached hydrogens (tertiary/aromatic N) is 2. The molecule has 0 amide bonds. The van der Waals surface area contributed by atoms with Crippen molar-refractivity contribution in [3.63, 3.8) is 0 Å². The lowest BCUT2D eigenvalue weighted by molar-refractivity contribution is 0.162. The monoisotopic (exact) mass is 267 g/mol. The maximum atomic E-state index is 4.52. The molecule has 0 atom stereocenters. The van der Waals surface area contributed by atoms with Crippen LogP contribution < -0.4 is 5.32 Å². The Morgan fingerprint density at radius 3 is 2.44 bits per heavy atom. The van der Waals surface area contributed by atoms with Crippen LogP contribution in [0.2, 0.25) is 0 Å². The van der Waals surface area contributed by atoms with Crippen molar-refractivity contribution >= 4 is 12.6 Å². The van der Waals surface area contributed by atoms with Crippen molar-refractivity contribution in [1.29, 1.82) is 0 Å². The molecule has 0 radical (unpaired) electrons. The van der Waals surface area contributed by atoms with Crippen molar-refractivity contribution in [2.24, 2.45) is 0 Å². The fraction of sp³-hybridized carbons (Fsp3) is 0.643. The molecule has 18 heavy (non-hydrogen) atoms. The average molecular weight is 267 g/mol. The van der Waals surface area contributed by atoms with E-state index < -0.39 is 0 Å². The molecule has 2 rings (SSSR count). The van der Waals surface area contributed by atoms with Crippen LogP contribution in [0.4, 0.5) is 0 Å². The fourth-order valence-corrected chi connectivity index (χ4v) is 2.80. The van der Waals surface area contributed by atoms with Gasteiger partial charge in [-0.05, 0) is 51.7 Å². The summed E-state index contributed by atoms with van der Waals surface area (Å²) < 4.78 is 0. The minimum atomic E-state index is 0.0759. The molecule has 0 aromatic carbocycles. The molecule has 1 saturated heterocycles. The Kier molecular flexibility index (Phi) is 6.12. The molecule has 0 unspecified atom stereocenters. The van der Waals surface area contributed by atoms with Crippen LogP contribution in [0, 0.1) is 0 Å². The van der Waals surface area contributed by atoms with Crippen molar-refractivity contribution in [2.75, 3.05) is 27.2 Å². The van der Waals surface area contributed by atoms with E-state index in [-0.39, 0.29) is 5.54 Å². The van der Waals surface area contributed by atoms with E-state index in [0.717, 1.165) is 30.8 Å². The largest absolute Gasteiger partial charge is 0.310 e. The quantitative estimate of drug-likeness (QED) is 0.807. The van der Waals surface area contributed by atoms with Gasteiger partial charge in [-0.25, -0.2) is 0 Å². The van der Waals surface area contributed by atoms with E-state index in [1.165, 1.54) is 5.56 Å². The van der Waals surface area contributed by atoms with Gasteiger partial charge >= 0.3 is 0 Å². The number of thiol groups is 1. The minimum Gasteiger partial charge on any atom is -0.310 e. The van der Waals surface area contributed by atoms with Gasteiger partial charge in [0.2, 0.25) is 0 Å². The van der Waals surface area contributed by atoms with E-state index in [1.807, 2.05) is 33.3 Å². The SMILES string of the molecule is CC.CNC1(c2ccncc2S)CCN(C)CC1. The van der Waals surface area contributed by atoms with E-state index in [9.17, 15) is 0 Å². The van der Waals surface area contributed by atoms with Gasteiger partial charge < -0.3 is 10.2 Å². The summed E-state index contributed by atoms with van der Waals surface area (Å²) >= 11 is 4.52. The summed E-state index contributed by atoms with van der Waals surface area (Å²) in [6, 6.07) is 2.09. The second-order valence-electron chi connectivity index (χ2n) is 4.53. The van der Waals surface area contributed by atoms with Crippen LogP contribution in [0.25, 0.3) is 0 Å². The van der Waals surface area contributed by atoms with Crippen molar-refractivity contribution in [2.45, 2.75) is 37.1 Å². The molecule has 1 aliphatic heterocycles. The molecule has 1 fully saturated rings. The molecular weight excluding hydrogens is 242 g/mol. The van der Waals surface area contributed by atoms with Gasteiger partial charge in [-0.15, -0.1) is 12.6 Å². The Balaban J connectivity index is 0.000000771. The first-order valence-electron chi connectivity index (χ1n) is 6.69. The molecule has 4 heteroatoms. The zero-order valence-electron chi connectivity index (χ0n) is 11.9. The van der Waals surface area contributed by atoms with Crippen LogP contribution in [0.5, 0.6) is 0 Å². The number of hydrogen-bond acceptors (Lipinski definition) is 4. The molecule has 1 N–H and O–H groups in total. The number of pyridine rings is 1. The number of likely N-dealkylation sites (tertiary alicyclic amines) is 1. The smallest absolute Gasteiger partial charge is 0.0468 e. The van der Waals surface area contributed by atoms with Gasteiger partial charge in [0.15, 0.2) is 0 Å². The topological polar surface area (TPSA) is 28.2 Å².